The second kappa shape index (κ2) is 8.83. The number of methoxy groups -OCH3 is 1. The number of carbonyl (C=O) groups is 1. The standard InChI is InChI=1S/C27H34O3/c1-27(17-21-4-3-5-22(14-21)18-27)24-11-12-25(28)23(16-24)15-20-8-6-19(7-9-20)10-13-26(29)30-2/h6-9,11-12,16,21-22,28H,3-5,10,13-15,17-18H2,1-2H3. The van der Waals surface area contributed by atoms with E-state index in [2.05, 4.69) is 43.3 Å². The number of benzene rings is 2. The molecule has 2 aliphatic carbocycles. The highest BCUT2D eigenvalue weighted by atomic mass is 16.5. The maximum Gasteiger partial charge on any atom is 0.305 e. The normalized spacial score (nSPS) is 25.7. The Morgan fingerprint density at radius 1 is 1.07 bits per heavy atom. The third kappa shape index (κ3) is 4.71. The first kappa shape index (κ1) is 21.0. The zero-order chi connectivity index (χ0) is 21.1. The number of aromatic hydroxyl groups is 1. The lowest BCUT2D eigenvalue weighted by atomic mass is 9.59. The highest BCUT2D eigenvalue weighted by Crippen LogP contribution is 2.50. The maximum absolute atomic E-state index is 11.3. The number of hydrogen-bond donors (Lipinski definition) is 1. The third-order valence-electron chi connectivity index (χ3n) is 7.41. The van der Waals surface area contributed by atoms with Gasteiger partial charge in [0.15, 0.2) is 0 Å². The van der Waals surface area contributed by atoms with Crippen LogP contribution in [0, 0.1) is 11.8 Å². The van der Waals surface area contributed by atoms with Gasteiger partial charge in [-0.05, 0) is 71.3 Å². The molecule has 0 aliphatic heterocycles. The number of phenols is 1. The Balaban J connectivity index is 1.48. The highest BCUT2D eigenvalue weighted by Gasteiger charge is 2.40. The smallest absolute Gasteiger partial charge is 0.305 e. The third-order valence-corrected chi connectivity index (χ3v) is 7.41. The summed E-state index contributed by atoms with van der Waals surface area (Å²) < 4.78 is 4.71. The minimum Gasteiger partial charge on any atom is -0.508 e. The molecule has 0 spiro atoms. The Bertz CT molecular complexity index is 871. The summed E-state index contributed by atoms with van der Waals surface area (Å²) in [6, 6.07) is 14.6. The van der Waals surface area contributed by atoms with Crippen molar-refractivity contribution >= 4 is 5.97 Å². The number of esters is 1. The van der Waals surface area contributed by atoms with Crippen molar-refractivity contribution < 1.29 is 14.6 Å². The molecule has 0 aromatic heterocycles. The van der Waals surface area contributed by atoms with E-state index in [1.54, 1.807) is 0 Å². The molecule has 2 aromatic rings. The molecule has 0 heterocycles. The summed E-state index contributed by atoms with van der Waals surface area (Å²) in [4.78, 5) is 11.3. The molecule has 0 radical (unpaired) electrons. The summed E-state index contributed by atoms with van der Waals surface area (Å²) in [5.74, 6) is 1.95. The number of ether oxygens (including phenoxy) is 1. The molecule has 3 heteroatoms. The van der Waals surface area contributed by atoms with Crippen molar-refractivity contribution in [2.75, 3.05) is 7.11 Å². The molecule has 160 valence electrons. The number of fused-ring (bicyclic) bond motifs is 2. The summed E-state index contributed by atoms with van der Waals surface area (Å²) in [7, 11) is 1.42. The lowest BCUT2D eigenvalue weighted by Crippen LogP contribution is -2.36. The first-order valence-corrected chi connectivity index (χ1v) is 11.4. The highest BCUT2D eigenvalue weighted by molar-refractivity contribution is 5.69. The summed E-state index contributed by atoms with van der Waals surface area (Å²) in [5.41, 5.74) is 4.93. The van der Waals surface area contributed by atoms with Gasteiger partial charge in [0, 0.05) is 12.8 Å². The van der Waals surface area contributed by atoms with Crippen molar-refractivity contribution in [3.63, 3.8) is 0 Å². The monoisotopic (exact) mass is 406 g/mol. The van der Waals surface area contributed by atoms with E-state index in [1.165, 1.54) is 56.8 Å². The van der Waals surface area contributed by atoms with Gasteiger partial charge in [-0.1, -0.05) is 62.6 Å². The fourth-order valence-corrected chi connectivity index (χ4v) is 5.86. The van der Waals surface area contributed by atoms with E-state index >= 15 is 0 Å². The number of carbonyl (C=O) groups excluding carboxylic acids is 1. The SMILES string of the molecule is COC(=O)CCc1ccc(Cc2cc(C3(C)CC4CCCC(C4)C3)ccc2O)cc1. The Morgan fingerprint density at radius 3 is 2.40 bits per heavy atom. The fraction of sp³-hybridized carbons (Fsp3) is 0.519. The molecular weight excluding hydrogens is 372 g/mol. The molecule has 30 heavy (non-hydrogen) atoms. The number of phenolic OH excluding ortho intramolecular Hbond substituents is 1. The van der Waals surface area contributed by atoms with Gasteiger partial charge in [0.1, 0.15) is 5.75 Å². The van der Waals surface area contributed by atoms with Crippen molar-refractivity contribution in [3.05, 3.63) is 64.7 Å². The molecule has 2 atom stereocenters. The van der Waals surface area contributed by atoms with Gasteiger partial charge in [-0.25, -0.2) is 0 Å². The van der Waals surface area contributed by atoms with E-state index in [0.717, 1.165) is 29.4 Å². The van der Waals surface area contributed by atoms with Gasteiger partial charge in [-0.3, -0.25) is 4.79 Å². The summed E-state index contributed by atoms with van der Waals surface area (Å²) in [6.45, 7) is 2.43. The van der Waals surface area contributed by atoms with E-state index in [1.807, 2.05) is 6.07 Å². The van der Waals surface area contributed by atoms with Gasteiger partial charge in [-0.2, -0.15) is 0 Å². The Labute approximate surface area is 180 Å². The minimum atomic E-state index is -0.179. The fourth-order valence-electron chi connectivity index (χ4n) is 5.86. The van der Waals surface area contributed by atoms with Gasteiger partial charge < -0.3 is 9.84 Å². The van der Waals surface area contributed by atoms with Crippen LogP contribution in [0.1, 0.15) is 74.1 Å². The van der Waals surface area contributed by atoms with Crippen molar-refractivity contribution in [3.8, 4) is 5.75 Å². The van der Waals surface area contributed by atoms with Gasteiger partial charge in [-0.15, -0.1) is 0 Å². The largest absolute Gasteiger partial charge is 0.508 e. The average molecular weight is 407 g/mol. The van der Waals surface area contributed by atoms with Gasteiger partial charge in [0.2, 0.25) is 0 Å². The molecule has 2 saturated carbocycles. The van der Waals surface area contributed by atoms with Crippen LogP contribution < -0.4 is 0 Å². The van der Waals surface area contributed by atoms with E-state index in [0.29, 0.717) is 18.6 Å². The number of aryl methyl sites for hydroxylation is 1. The Hall–Kier alpha value is -2.29. The zero-order valence-corrected chi connectivity index (χ0v) is 18.3. The Kier molecular flexibility index (Phi) is 6.17. The van der Waals surface area contributed by atoms with Crippen molar-refractivity contribution in [2.24, 2.45) is 11.8 Å². The van der Waals surface area contributed by atoms with Gasteiger partial charge in [0.05, 0.1) is 7.11 Å². The molecule has 2 unspecified atom stereocenters. The van der Waals surface area contributed by atoms with Crippen LogP contribution in [0.4, 0.5) is 0 Å². The van der Waals surface area contributed by atoms with Crippen LogP contribution in [-0.4, -0.2) is 18.2 Å². The van der Waals surface area contributed by atoms with E-state index < -0.39 is 0 Å². The molecule has 1 N–H and O–H groups in total. The summed E-state index contributed by atoms with van der Waals surface area (Å²) >= 11 is 0. The van der Waals surface area contributed by atoms with Crippen molar-refractivity contribution in [1.29, 1.82) is 0 Å². The van der Waals surface area contributed by atoms with Gasteiger partial charge >= 0.3 is 5.97 Å². The second-order valence-corrected chi connectivity index (χ2v) is 9.78. The van der Waals surface area contributed by atoms with Crippen LogP contribution in [0.3, 0.4) is 0 Å². The first-order chi connectivity index (χ1) is 14.4. The van der Waals surface area contributed by atoms with E-state index in [-0.39, 0.29) is 11.4 Å². The zero-order valence-electron chi connectivity index (χ0n) is 18.3. The minimum absolute atomic E-state index is 0.179. The summed E-state index contributed by atoms with van der Waals surface area (Å²) in [5, 5.41) is 10.5. The predicted molar refractivity (Wildman–Crippen MR) is 120 cm³/mol. The maximum atomic E-state index is 11.3. The molecule has 2 fully saturated rings. The average Bonchev–Trinajstić information content (AvgIpc) is 2.74. The van der Waals surface area contributed by atoms with E-state index in [9.17, 15) is 9.90 Å². The molecule has 3 nitrogen and oxygen atoms in total. The van der Waals surface area contributed by atoms with Crippen LogP contribution >= 0.6 is 0 Å². The van der Waals surface area contributed by atoms with Crippen LogP contribution in [-0.2, 0) is 27.8 Å². The first-order valence-electron chi connectivity index (χ1n) is 11.4. The molecule has 2 aromatic carbocycles. The van der Waals surface area contributed by atoms with Gasteiger partial charge in [0.25, 0.3) is 0 Å². The van der Waals surface area contributed by atoms with Crippen molar-refractivity contribution in [2.45, 2.75) is 70.1 Å². The van der Waals surface area contributed by atoms with Crippen LogP contribution in [0.25, 0.3) is 0 Å². The molecule has 4 rings (SSSR count). The molecule has 0 saturated heterocycles. The molecule has 2 aliphatic rings. The number of hydrogen-bond acceptors (Lipinski definition) is 3. The number of rotatable bonds is 6. The lowest BCUT2D eigenvalue weighted by Gasteiger charge is -2.46. The quantitative estimate of drug-likeness (QED) is 0.603. The van der Waals surface area contributed by atoms with E-state index in [4.69, 9.17) is 4.74 Å². The Morgan fingerprint density at radius 2 is 1.73 bits per heavy atom. The van der Waals surface area contributed by atoms with Crippen LogP contribution in [0.5, 0.6) is 5.75 Å². The van der Waals surface area contributed by atoms with Crippen LogP contribution in [0.15, 0.2) is 42.5 Å². The van der Waals surface area contributed by atoms with Crippen LogP contribution in [0.2, 0.25) is 0 Å². The summed E-state index contributed by atoms with van der Waals surface area (Å²) in [6.07, 6.45) is 9.97. The molecular formula is C27H34O3. The van der Waals surface area contributed by atoms with Crippen molar-refractivity contribution in [1.82, 2.24) is 0 Å². The predicted octanol–water partition coefficient (Wildman–Crippen LogP) is 5.95. The molecule has 0 amide bonds. The topological polar surface area (TPSA) is 46.5 Å². The lowest BCUT2D eigenvalue weighted by molar-refractivity contribution is -0.140. The second-order valence-electron chi connectivity index (χ2n) is 9.78. The molecule has 2 bridgehead atoms.